The van der Waals surface area contributed by atoms with E-state index in [0.29, 0.717) is 11.3 Å². The Morgan fingerprint density at radius 1 is 0.765 bits per heavy atom. The van der Waals surface area contributed by atoms with Gasteiger partial charge < -0.3 is 9.64 Å². The van der Waals surface area contributed by atoms with Gasteiger partial charge in [0.2, 0.25) is 0 Å². The molecular formula is C29H28N2O2S. The first-order valence-electron chi connectivity index (χ1n) is 11.3. The summed E-state index contributed by atoms with van der Waals surface area (Å²) >= 11 is 1.09. The number of rotatable bonds is 11. The predicted molar refractivity (Wildman–Crippen MR) is 141 cm³/mol. The third kappa shape index (κ3) is 6.28. The quantitative estimate of drug-likeness (QED) is 0.200. The van der Waals surface area contributed by atoms with Crippen LogP contribution in [0.25, 0.3) is 0 Å². The van der Waals surface area contributed by atoms with E-state index in [-0.39, 0.29) is 0 Å². The van der Waals surface area contributed by atoms with Gasteiger partial charge in [-0.05, 0) is 60.2 Å². The molecule has 0 atom stereocenters. The maximum Gasteiger partial charge on any atom is 0.165 e. The Balaban J connectivity index is 1.71. The molecule has 0 amide bonds. The number of hydrogen-bond acceptors (Lipinski definition) is 5. The van der Waals surface area contributed by atoms with Crippen LogP contribution in [0, 0.1) is 0 Å². The van der Waals surface area contributed by atoms with Crippen LogP contribution in [0.1, 0.15) is 21.5 Å². The van der Waals surface area contributed by atoms with Gasteiger partial charge in [-0.2, -0.15) is 0 Å². The molecule has 34 heavy (non-hydrogen) atoms. The Kier molecular flexibility index (Phi) is 8.38. The van der Waals surface area contributed by atoms with E-state index in [1.165, 1.54) is 11.1 Å². The van der Waals surface area contributed by atoms with Crippen LogP contribution in [0.3, 0.4) is 0 Å². The third-order valence-corrected chi connectivity index (χ3v) is 6.21. The summed E-state index contributed by atoms with van der Waals surface area (Å²) in [5.74, 6) is 1.40. The Morgan fingerprint density at radius 2 is 1.29 bits per heavy atom. The topological polar surface area (TPSA) is 55.6 Å². The second kappa shape index (κ2) is 12.1. The lowest BCUT2D eigenvalue weighted by molar-refractivity contribution is 0.112. The number of benzene rings is 4. The van der Waals surface area contributed by atoms with Crippen LogP contribution in [-0.4, -0.2) is 19.4 Å². The first kappa shape index (κ1) is 23.6. The van der Waals surface area contributed by atoms with Crippen molar-refractivity contribution in [2.75, 3.05) is 18.0 Å². The predicted octanol–water partition coefficient (Wildman–Crippen LogP) is 6.55. The summed E-state index contributed by atoms with van der Waals surface area (Å²) < 4.78 is 6.36. The van der Waals surface area contributed by atoms with Crippen LogP contribution in [0.5, 0.6) is 11.5 Å². The number of para-hydroxylation sites is 1. The SMILES string of the molecule is NSc1cc(C=O)cc(N(CCc2ccccc2)CCc2ccccc2)c1Oc1ccccc1. The van der Waals surface area contributed by atoms with E-state index in [4.69, 9.17) is 9.88 Å². The normalized spacial score (nSPS) is 10.6. The molecule has 4 rings (SSSR count). The van der Waals surface area contributed by atoms with Gasteiger partial charge >= 0.3 is 0 Å². The van der Waals surface area contributed by atoms with E-state index >= 15 is 0 Å². The van der Waals surface area contributed by atoms with Gasteiger partial charge in [-0.3, -0.25) is 9.93 Å². The van der Waals surface area contributed by atoms with Crippen LogP contribution < -0.4 is 14.8 Å². The number of carbonyl (C=O) groups is 1. The van der Waals surface area contributed by atoms with Crippen LogP contribution in [0.4, 0.5) is 5.69 Å². The van der Waals surface area contributed by atoms with E-state index < -0.39 is 0 Å². The molecule has 4 aromatic rings. The average Bonchev–Trinajstić information content (AvgIpc) is 2.90. The van der Waals surface area contributed by atoms with Crippen LogP contribution in [0.15, 0.2) is 108 Å². The zero-order chi connectivity index (χ0) is 23.6. The molecule has 5 heteroatoms. The van der Waals surface area contributed by atoms with E-state index in [1.54, 1.807) is 6.07 Å². The lowest BCUT2D eigenvalue weighted by Crippen LogP contribution is -2.29. The van der Waals surface area contributed by atoms with Crippen molar-refractivity contribution in [3.63, 3.8) is 0 Å². The smallest absolute Gasteiger partial charge is 0.165 e. The van der Waals surface area contributed by atoms with Crippen LogP contribution >= 0.6 is 11.9 Å². The van der Waals surface area contributed by atoms with Crippen molar-refractivity contribution in [1.29, 1.82) is 0 Å². The number of hydrogen-bond donors (Lipinski definition) is 1. The first-order valence-corrected chi connectivity index (χ1v) is 12.2. The van der Waals surface area contributed by atoms with Crippen molar-refractivity contribution < 1.29 is 9.53 Å². The zero-order valence-corrected chi connectivity index (χ0v) is 19.8. The molecule has 0 fully saturated rings. The number of carbonyl (C=O) groups excluding carboxylic acids is 1. The van der Waals surface area contributed by atoms with Crippen LogP contribution in [0.2, 0.25) is 0 Å². The molecule has 0 aliphatic carbocycles. The summed E-state index contributed by atoms with van der Waals surface area (Å²) in [6.45, 7) is 1.55. The van der Waals surface area contributed by atoms with Crippen molar-refractivity contribution in [2.24, 2.45) is 5.14 Å². The minimum Gasteiger partial charge on any atom is -0.454 e. The average molecular weight is 469 g/mol. The summed E-state index contributed by atoms with van der Waals surface area (Å²) in [5.41, 5.74) is 3.97. The standard InChI is InChI=1S/C29H28N2O2S/c30-34-28-21-25(22-32)20-27(29(28)33-26-14-8-3-9-15-26)31(18-16-23-10-4-1-5-11-23)19-17-24-12-6-2-7-13-24/h1-15,20-22H,16-19,30H2. The number of anilines is 1. The van der Waals surface area contributed by atoms with Crippen molar-refractivity contribution in [2.45, 2.75) is 17.7 Å². The fraction of sp³-hybridized carbons (Fsp3) is 0.138. The van der Waals surface area contributed by atoms with Crippen molar-refractivity contribution >= 4 is 23.9 Å². The molecule has 4 aromatic carbocycles. The number of nitrogens with zero attached hydrogens (tertiary/aromatic N) is 1. The Bertz CT molecular complexity index is 1140. The fourth-order valence-corrected chi connectivity index (χ4v) is 4.34. The molecule has 172 valence electrons. The third-order valence-electron chi connectivity index (χ3n) is 5.65. The van der Waals surface area contributed by atoms with Crippen molar-refractivity contribution in [3.05, 3.63) is 120 Å². The zero-order valence-electron chi connectivity index (χ0n) is 19.0. The summed E-state index contributed by atoms with van der Waals surface area (Å²) in [7, 11) is 0. The van der Waals surface area contributed by atoms with Gasteiger partial charge in [-0.15, -0.1) is 0 Å². The van der Waals surface area contributed by atoms with E-state index in [9.17, 15) is 4.79 Å². The molecule has 0 spiro atoms. The summed E-state index contributed by atoms with van der Waals surface area (Å²) in [6, 6.07) is 34.2. The van der Waals surface area contributed by atoms with E-state index in [1.807, 2.05) is 48.5 Å². The summed E-state index contributed by atoms with van der Waals surface area (Å²) in [6.07, 6.45) is 2.61. The summed E-state index contributed by atoms with van der Waals surface area (Å²) in [4.78, 5) is 14.8. The van der Waals surface area contributed by atoms with Gasteiger partial charge in [0.05, 0.1) is 10.6 Å². The monoisotopic (exact) mass is 468 g/mol. The summed E-state index contributed by atoms with van der Waals surface area (Å²) in [5, 5.41) is 6.03. The molecule has 4 nitrogen and oxygen atoms in total. The molecule has 0 aliphatic rings. The molecule has 2 N–H and O–H groups in total. The minimum atomic E-state index is 0.577. The molecule has 0 bridgehead atoms. The maximum absolute atomic E-state index is 11.8. The lowest BCUT2D eigenvalue weighted by atomic mass is 10.1. The highest BCUT2D eigenvalue weighted by Gasteiger charge is 2.19. The fourth-order valence-electron chi connectivity index (χ4n) is 3.88. The van der Waals surface area contributed by atoms with Gasteiger partial charge in [0.1, 0.15) is 12.0 Å². The molecule has 0 radical (unpaired) electrons. The number of ether oxygens (including phenoxy) is 1. The number of aldehydes is 1. The highest BCUT2D eigenvalue weighted by molar-refractivity contribution is 7.97. The largest absolute Gasteiger partial charge is 0.454 e. The first-order chi connectivity index (χ1) is 16.8. The van der Waals surface area contributed by atoms with Gasteiger partial charge in [0.25, 0.3) is 0 Å². The second-order valence-corrected chi connectivity index (χ2v) is 8.65. The Morgan fingerprint density at radius 3 is 1.79 bits per heavy atom. The Hall–Kier alpha value is -3.54. The molecule has 0 heterocycles. The molecule has 0 aliphatic heterocycles. The van der Waals surface area contributed by atoms with Gasteiger partial charge in [-0.25, -0.2) is 0 Å². The van der Waals surface area contributed by atoms with Crippen molar-refractivity contribution in [3.8, 4) is 11.5 Å². The highest BCUT2D eigenvalue weighted by Crippen LogP contribution is 2.40. The van der Waals surface area contributed by atoms with Crippen LogP contribution in [-0.2, 0) is 12.8 Å². The Labute approximate surface area is 205 Å². The molecule has 0 unspecified atom stereocenters. The van der Waals surface area contributed by atoms with Gasteiger partial charge in [0, 0.05) is 18.7 Å². The number of nitrogens with two attached hydrogens (primary N) is 1. The van der Waals surface area contributed by atoms with Crippen molar-refractivity contribution in [1.82, 2.24) is 0 Å². The maximum atomic E-state index is 11.8. The minimum absolute atomic E-state index is 0.577. The highest BCUT2D eigenvalue weighted by atomic mass is 32.2. The van der Waals surface area contributed by atoms with E-state index in [2.05, 4.69) is 53.4 Å². The molecule has 0 saturated heterocycles. The van der Waals surface area contributed by atoms with Gasteiger partial charge in [-0.1, -0.05) is 78.9 Å². The van der Waals surface area contributed by atoms with Gasteiger partial charge in [0.15, 0.2) is 5.75 Å². The molecular weight excluding hydrogens is 440 g/mol. The molecule has 0 saturated carbocycles. The lowest BCUT2D eigenvalue weighted by Gasteiger charge is -2.28. The van der Waals surface area contributed by atoms with E-state index in [0.717, 1.165) is 60.5 Å². The second-order valence-electron chi connectivity index (χ2n) is 7.98. The molecule has 0 aromatic heterocycles.